The fourth-order valence-electron chi connectivity index (χ4n) is 3.35. The number of rotatable bonds is 7. The molecule has 0 saturated heterocycles. The van der Waals surface area contributed by atoms with E-state index in [2.05, 4.69) is 59.5 Å². The molecule has 0 fully saturated rings. The van der Waals surface area contributed by atoms with Crippen LogP contribution in [0.1, 0.15) is 42.4 Å². The largest absolute Gasteiger partial charge is 0.493 e. The van der Waals surface area contributed by atoms with Crippen LogP contribution in [-0.2, 0) is 4.74 Å². The summed E-state index contributed by atoms with van der Waals surface area (Å²) in [6, 6.07) is 16.1. The zero-order valence-electron chi connectivity index (χ0n) is 18.2. The van der Waals surface area contributed by atoms with E-state index in [4.69, 9.17) is 9.47 Å². The van der Waals surface area contributed by atoms with Crippen molar-refractivity contribution in [3.05, 3.63) is 69.8 Å². The molecule has 0 spiro atoms. The minimum absolute atomic E-state index is 0.299. The minimum atomic E-state index is -0.299. The molecule has 5 heteroatoms. The van der Waals surface area contributed by atoms with Crippen molar-refractivity contribution in [1.82, 2.24) is 4.57 Å². The van der Waals surface area contributed by atoms with Gasteiger partial charge in [-0.2, -0.15) is 0 Å². The molecule has 3 aromatic rings. The molecule has 0 atom stereocenters. The van der Waals surface area contributed by atoms with Gasteiger partial charge in [0.2, 0.25) is 0 Å². The van der Waals surface area contributed by atoms with Gasteiger partial charge in [-0.3, -0.25) is 0 Å². The van der Waals surface area contributed by atoms with Crippen molar-refractivity contribution >= 4 is 21.9 Å². The van der Waals surface area contributed by atoms with Crippen molar-refractivity contribution in [3.8, 4) is 22.7 Å². The first-order chi connectivity index (χ1) is 14.3. The monoisotopic (exact) mass is 469 g/mol. The summed E-state index contributed by atoms with van der Waals surface area (Å²) in [7, 11) is 0. The molecule has 158 valence electrons. The van der Waals surface area contributed by atoms with E-state index in [1.807, 2.05) is 44.2 Å². The average molecular weight is 470 g/mol. The van der Waals surface area contributed by atoms with E-state index in [0.717, 1.165) is 38.4 Å². The van der Waals surface area contributed by atoms with Crippen molar-refractivity contribution in [3.63, 3.8) is 0 Å². The van der Waals surface area contributed by atoms with Crippen LogP contribution in [0.5, 0.6) is 5.75 Å². The highest BCUT2D eigenvalue weighted by molar-refractivity contribution is 9.10. The third kappa shape index (κ3) is 4.78. The lowest BCUT2D eigenvalue weighted by Crippen LogP contribution is -2.09. The van der Waals surface area contributed by atoms with Crippen LogP contribution < -0.4 is 4.74 Å². The Balaban J connectivity index is 2.13. The van der Waals surface area contributed by atoms with Crippen LogP contribution in [0.15, 0.2) is 53.0 Å². The third-order valence-corrected chi connectivity index (χ3v) is 5.33. The zero-order valence-corrected chi connectivity index (χ0v) is 19.7. The summed E-state index contributed by atoms with van der Waals surface area (Å²) < 4.78 is 14.5. The van der Waals surface area contributed by atoms with Crippen LogP contribution in [0, 0.1) is 19.8 Å². The van der Waals surface area contributed by atoms with E-state index < -0.39 is 0 Å². The smallest absolute Gasteiger partial charge is 0.338 e. The molecule has 0 aliphatic carbocycles. The van der Waals surface area contributed by atoms with Crippen molar-refractivity contribution in [2.75, 3.05) is 13.2 Å². The molecule has 0 bridgehead atoms. The second-order valence-corrected chi connectivity index (χ2v) is 8.68. The van der Waals surface area contributed by atoms with E-state index >= 15 is 0 Å². The molecule has 2 aromatic carbocycles. The Hall–Kier alpha value is -2.53. The van der Waals surface area contributed by atoms with Crippen molar-refractivity contribution in [2.24, 2.45) is 5.92 Å². The van der Waals surface area contributed by atoms with Gasteiger partial charge >= 0.3 is 5.97 Å². The fraction of sp³-hybridized carbons (Fsp3) is 0.320. The molecule has 1 aromatic heterocycles. The highest BCUT2D eigenvalue weighted by Gasteiger charge is 2.17. The zero-order chi connectivity index (χ0) is 21.8. The molecule has 0 N–H and O–H groups in total. The van der Waals surface area contributed by atoms with Gasteiger partial charge in [0, 0.05) is 21.4 Å². The van der Waals surface area contributed by atoms with Gasteiger partial charge < -0.3 is 14.0 Å². The summed E-state index contributed by atoms with van der Waals surface area (Å²) in [5, 5.41) is 0. The second kappa shape index (κ2) is 9.52. The fourth-order valence-corrected chi connectivity index (χ4v) is 3.72. The maximum Gasteiger partial charge on any atom is 0.338 e. The van der Waals surface area contributed by atoms with Crippen LogP contribution in [0.4, 0.5) is 0 Å². The van der Waals surface area contributed by atoms with E-state index in [-0.39, 0.29) is 5.97 Å². The lowest BCUT2D eigenvalue weighted by atomic mass is 10.1. The molecular weight excluding hydrogens is 442 g/mol. The van der Waals surface area contributed by atoms with E-state index in [0.29, 0.717) is 24.7 Å². The summed E-state index contributed by atoms with van der Waals surface area (Å²) in [4.78, 5) is 12.4. The first-order valence-electron chi connectivity index (χ1n) is 10.2. The van der Waals surface area contributed by atoms with Crippen molar-refractivity contribution in [1.29, 1.82) is 0 Å². The van der Waals surface area contributed by atoms with Crippen LogP contribution in [-0.4, -0.2) is 23.8 Å². The van der Waals surface area contributed by atoms with Crippen LogP contribution >= 0.6 is 15.9 Å². The Morgan fingerprint density at radius 2 is 1.83 bits per heavy atom. The third-order valence-electron chi connectivity index (χ3n) is 4.84. The highest BCUT2D eigenvalue weighted by Crippen LogP contribution is 2.36. The molecule has 0 saturated carbocycles. The molecular formula is C25H28BrNO3. The number of esters is 1. The summed E-state index contributed by atoms with van der Waals surface area (Å²) in [5.41, 5.74) is 5.46. The molecule has 1 heterocycles. The first kappa shape index (κ1) is 22.2. The molecule has 0 unspecified atom stereocenters. The van der Waals surface area contributed by atoms with Gasteiger partial charge in [0.15, 0.2) is 0 Å². The summed E-state index contributed by atoms with van der Waals surface area (Å²) in [6.07, 6.45) is 0. The second-order valence-electron chi connectivity index (χ2n) is 7.76. The van der Waals surface area contributed by atoms with E-state index in [1.54, 1.807) is 0 Å². The highest BCUT2D eigenvalue weighted by atomic mass is 79.9. The predicted molar refractivity (Wildman–Crippen MR) is 125 cm³/mol. The summed E-state index contributed by atoms with van der Waals surface area (Å²) in [5.74, 6) is 0.967. The van der Waals surface area contributed by atoms with Crippen LogP contribution in [0.3, 0.4) is 0 Å². The number of aryl methyl sites for hydroxylation is 2. The van der Waals surface area contributed by atoms with Gasteiger partial charge in [-0.1, -0.05) is 35.8 Å². The Kier molecular flexibility index (Phi) is 7.03. The van der Waals surface area contributed by atoms with Crippen molar-refractivity contribution in [2.45, 2.75) is 34.6 Å². The molecule has 0 aliphatic rings. The molecule has 0 aliphatic heterocycles. The number of hydrogen-bond donors (Lipinski definition) is 0. The van der Waals surface area contributed by atoms with Gasteiger partial charge in [0.05, 0.1) is 24.5 Å². The summed E-state index contributed by atoms with van der Waals surface area (Å²) in [6.45, 7) is 11.1. The Bertz CT molecular complexity index is 1050. The SMILES string of the molecule is CCOC(=O)c1cc(-n2c(C)ccc2-c2cc(Br)ccc2OCC(C)C)ccc1C. The maximum absolute atomic E-state index is 12.4. The van der Waals surface area contributed by atoms with E-state index in [9.17, 15) is 4.79 Å². The molecule has 30 heavy (non-hydrogen) atoms. The number of halogens is 1. The normalized spacial score (nSPS) is 11.0. The Morgan fingerprint density at radius 1 is 1.07 bits per heavy atom. The van der Waals surface area contributed by atoms with Gasteiger partial charge in [0.1, 0.15) is 5.75 Å². The van der Waals surface area contributed by atoms with Crippen molar-refractivity contribution < 1.29 is 14.3 Å². The molecule has 4 nitrogen and oxygen atoms in total. The van der Waals surface area contributed by atoms with Gasteiger partial charge in [-0.25, -0.2) is 4.79 Å². The van der Waals surface area contributed by atoms with Crippen LogP contribution in [0.25, 0.3) is 16.9 Å². The van der Waals surface area contributed by atoms with Gasteiger partial charge in [-0.15, -0.1) is 0 Å². The van der Waals surface area contributed by atoms with E-state index in [1.165, 1.54) is 0 Å². The average Bonchev–Trinajstić information content (AvgIpc) is 3.08. The van der Waals surface area contributed by atoms with Crippen LogP contribution in [0.2, 0.25) is 0 Å². The maximum atomic E-state index is 12.4. The molecule has 0 radical (unpaired) electrons. The number of benzene rings is 2. The number of nitrogens with zero attached hydrogens (tertiary/aromatic N) is 1. The topological polar surface area (TPSA) is 40.5 Å². The number of ether oxygens (including phenoxy) is 2. The number of carbonyl (C=O) groups excluding carboxylic acids is 1. The predicted octanol–water partition coefficient (Wildman–Crippen LogP) is 6.74. The minimum Gasteiger partial charge on any atom is -0.493 e. The quantitative estimate of drug-likeness (QED) is 0.359. The Morgan fingerprint density at radius 3 is 2.53 bits per heavy atom. The lowest BCUT2D eigenvalue weighted by molar-refractivity contribution is 0.0525. The Labute approximate surface area is 187 Å². The molecule has 3 rings (SSSR count). The summed E-state index contributed by atoms with van der Waals surface area (Å²) >= 11 is 3.59. The van der Waals surface area contributed by atoms with Gasteiger partial charge in [0.25, 0.3) is 0 Å². The lowest BCUT2D eigenvalue weighted by Gasteiger charge is -2.18. The number of carbonyl (C=O) groups is 1. The first-order valence-corrected chi connectivity index (χ1v) is 11.0. The number of aromatic nitrogens is 1. The molecule has 0 amide bonds. The van der Waals surface area contributed by atoms with Gasteiger partial charge in [-0.05, 0) is 74.7 Å². The standard InChI is InChI=1S/C25H28BrNO3/c1-6-29-25(28)21-14-20(10-7-17(21)4)27-18(5)8-11-23(27)22-13-19(26)9-12-24(22)30-15-16(2)3/h7-14,16H,6,15H2,1-5H3. The number of hydrogen-bond acceptors (Lipinski definition) is 3.